The van der Waals surface area contributed by atoms with Crippen LogP contribution in [0.5, 0.6) is 0 Å². The van der Waals surface area contributed by atoms with Gasteiger partial charge in [0.25, 0.3) is 0 Å². The zero-order valence-corrected chi connectivity index (χ0v) is 16.9. The Balaban J connectivity index is 2.16. The van der Waals surface area contributed by atoms with E-state index >= 15 is 0 Å². The molecule has 7 heteroatoms. The van der Waals surface area contributed by atoms with Gasteiger partial charge in [0.1, 0.15) is 0 Å². The van der Waals surface area contributed by atoms with Gasteiger partial charge in [-0.2, -0.15) is 0 Å². The zero-order chi connectivity index (χ0) is 20.1. The summed E-state index contributed by atoms with van der Waals surface area (Å²) in [6.45, 7) is 6.83. The number of carbonyl (C=O) groups excluding carboxylic acids is 3. The molecule has 0 fully saturated rings. The highest BCUT2D eigenvalue weighted by molar-refractivity contribution is 7.98. The fourth-order valence-electron chi connectivity index (χ4n) is 2.72. The SMILES string of the molecule is CCOC(=O)c1c(C)[nH]c(C(=O)[C@H](C)OC(=O)c2ccc(SC)cc2)c1C. The summed E-state index contributed by atoms with van der Waals surface area (Å²) in [7, 11) is 0. The first-order valence-electron chi connectivity index (χ1n) is 8.55. The maximum absolute atomic E-state index is 12.7. The summed E-state index contributed by atoms with van der Waals surface area (Å²) in [5.74, 6) is -1.46. The number of benzene rings is 1. The van der Waals surface area contributed by atoms with Crippen LogP contribution in [-0.2, 0) is 9.47 Å². The molecule has 1 aromatic carbocycles. The number of hydrogen-bond donors (Lipinski definition) is 1. The molecule has 1 heterocycles. The van der Waals surface area contributed by atoms with E-state index < -0.39 is 23.8 Å². The van der Waals surface area contributed by atoms with E-state index in [1.807, 2.05) is 18.4 Å². The molecule has 0 aliphatic carbocycles. The number of esters is 2. The van der Waals surface area contributed by atoms with Crippen molar-refractivity contribution >= 4 is 29.5 Å². The van der Waals surface area contributed by atoms with Crippen LogP contribution in [-0.4, -0.2) is 41.7 Å². The van der Waals surface area contributed by atoms with Crippen molar-refractivity contribution in [2.75, 3.05) is 12.9 Å². The number of nitrogens with one attached hydrogen (secondary N) is 1. The number of carbonyl (C=O) groups is 3. The molecule has 0 unspecified atom stereocenters. The predicted molar refractivity (Wildman–Crippen MR) is 104 cm³/mol. The van der Waals surface area contributed by atoms with Crippen LogP contribution in [0.4, 0.5) is 0 Å². The molecule has 6 nitrogen and oxygen atoms in total. The van der Waals surface area contributed by atoms with Gasteiger partial charge in [0, 0.05) is 10.6 Å². The van der Waals surface area contributed by atoms with Gasteiger partial charge in [0.15, 0.2) is 6.10 Å². The second-order valence-corrected chi connectivity index (χ2v) is 6.87. The van der Waals surface area contributed by atoms with Crippen LogP contribution >= 0.6 is 11.8 Å². The van der Waals surface area contributed by atoms with Gasteiger partial charge in [-0.1, -0.05) is 0 Å². The Morgan fingerprint density at radius 2 is 1.74 bits per heavy atom. The van der Waals surface area contributed by atoms with Gasteiger partial charge in [-0.05, 0) is 63.8 Å². The highest BCUT2D eigenvalue weighted by Crippen LogP contribution is 2.21. The van der Waals surface area contributed by atoms with E-state index in [0.29, 0.717) is 22.4 Å². The largest absolute Gasteiger partial charge is 0.462 e. The molecule has 0 aliphatic heterocycles. The molecule has 0 saturated heterocycles. The molecule has 2 rings (SSSR count). The number of aryl methyl sites for hydroxylation is 1. The van der Waals surface area contributed by atoms with E-state index in [9.17, 15) is 14.4 Å². The summed E-state index contributed by atoms with van der Waals surface area (Å²) in [4.78, 5) is 41.0. The second-order valence-electron chi connectivity index (χ2n) is 5.99. The van der Waals surface area contributed by atoms with Crippen LogP contribution in [0.25, 0.3) is 0 Å². The first-order chi connectivity index (χ1) is 12.8. The van der Waals surface area contributed by atoms with E-state index in [0.717, 1.165) is 4.90 Å². The lowest BCUT2D eigenvalue weighted by Crippen LogP contribution is -2.25. The number of ether oxygens (including phenoxy) is 2. The van der Waals surface area contributed by atoms with Crippen molar-refractivity contribution in [3.63, 3.8) is 0 Å². The third-order valence-corrected chi connectivity index (χ3v) is 4.89. The van der Waals surface area contributed by atoms with Crippen molar-refractivity contribution in [3.8, 4) is 0 Å². The molecule has 144 valence electrons. The molecule has 1 aromatic heterocycles. The summed E-state index contributed by atoms with van der Waals surface area (Å²) in [5.41, 5.74) is 1.99. The molecule has 0 bridgehead atoms. The van der Waals surface area contributed by atoms with E-state index in [-0.39, 0.29) is 12.3 Å². The Kier molecular flexibility index (Phi) is 6.85. The topological polar surface area (TPSA) is 85.5 Å². The molecular formula is C20H23NO5S. The van der Waals surface area contributed by atoms with Crippen molar-refractivity contribution in [2.45, 2.75) is 38.7 Å². The lowest BCUT2D eigenvalue weighted by atomic mass is 10.1. The van der Waals surface area contributed by atoms with Crippen LogP contribution in [0.3, 0.4) is 0 Å². The van der Waals surface area contributed by atoms with Gasteiger partial charge in [0.05, 0.1) is 23.4 Å². The van der Waals surface area contributed by atoms with Crippen molar-refractivity contribution in [2.24, 2.45) is 0 Å². The second kappa shape index (κ2) is 8.90. The maximum Gasteiger partial charge on any atom is 0.340 e. The highest BCUT2D eigenvalue weighted by atomic mass is 32.2. The normalized spacial score (nSPS) is 11.7. The summed E-state index contributed by atoms with van der Waals surface area (Å²) in [6, 6.07) is 6.96. The minimum Gasteiger partial charge on any atom is -0.462 e. The lowest BCUT2D eigenvalue weighted by Gasteiger charge is -2.12. The molecule has 0 saturated carbocycles. The molecule has 0 aliphatic rings. The Morgan fingerprint density at radius 3 is 2.30 bits per heavy atom. The molecule has 2 aromatic rings. The quantitative estimate of drug-likeness (QED) is 0.438. The van der Waals surface area contributed by atoms with E-state index in [1.165, 1.54) is 6.92 Å². The number of rotatable bonds is 7. The van der Waals surface area contributed by atoms with Crippen molar-refractivity contribution in [1.82, 2.24) is 4.98 Å². The Morgan fingerprint density at radius 1 is 1.11 bits per heavy atom. The molecule has 27 heavy (non-hydrogen) atoms. The standard InChI is InChI=1S/C20H23NO5S/c1-6-25-20(24)16-11(2)17(21-12(16)3)18(22)13(4)26-19(23)14-7-9-15(27-5)10-8-14/h7-10,13,21H,6H2,1-5H3/t13-/m0/s1. The van der Waals surface area contributed by atoms with E-state index in [4.69, 9.17) is 9.47 Å². The smallest absolute Gasteiger partial charge is 0.340 e. The molecular weight excluding hydrogens is 366 g/mol. The summed E-state index contributed by atoms with van der Waals surface area (Å²) >= 11 is 1.57. The fourth-order valence-corrected chi connectivity index (χ4v) is 3.13. The average Bonchev–Trinajstić information content (AvgIpc) is 2.95. The van der Waals surface area contributed by atoms with Crippen LogP contribution < -0.4 is 0 Å². The summed E-state index contributed by atoms with van der Waals surface area (Å²) in [6.07, 6.45) is 0.948. The fraction of sp³-hybridized carbons (Fsp3) is 0.350. The highest BCUT2D eigenvalue weighted by Gasteiger charge is 2.27. The third-order valence-electron chi connectivity index (χ3n) is 4.14. The van der Waals surface area contributed by atoms with Gasteiger partial charge in [-0.3, -0.25) is 4.79 Å². The first-order valence-corrected chi connectivity index (χ1v) is 9.78. The maximum atomic E-state index is 12.7. The van der Waals surface area contributed by atoms with Crippen molar-refractivity contribution in [1.29, 1.82) is 0 Å². The van der Waals surface area contributed by atoms with Crippen LogP contribution in [0.15, 0.2) is 29.2 Å². The number of aromatic nitrogens is 1. The summed E-state index contributed by atoms with van der Waals surface area (Å²) in [5, 5.41) is 0. The molecule has 0 radical (unpaired) electrons. The third kappa shape index (κ3) is 4.60. The molecule has 0 spiro atoms. The minimum absolute atomic E-state index is 0.244. The molecule has 1 N–H and O–H groups in total. The van der Waals surface area contributed by atoms with Gasteiger partial charge < -0.3 is 14.5 Å². The first kappa shape index (κ1) is 20.8. The number of aromatic amines is 1. The van der Waals surface area contributed by atoms with Gasteiger partial charge in [-0.15, -0.1) is 11.8 Å². The van der Waals surface area contributed by atoms with Gasteiger partial charge in [-0.25, -0.2) is 9.59 Å². The number of ketones is 1. The number of thioether (sulfide) groups is 1. The lowest BCUT2D eigenvalue weighted by molar-refractivity contribution is 0.0316. The number of H-pyrrole nitrogens is 1. The summed E-state index contributed by atoms with van der Waals surface area (Å²) < 4.78 is 10.3. The Bertz CT molecular complexity index is 854. The van der Waals surface area contributed by atoms with E-state index in [2.05, 4.69) is 4.98 Å². The average molecular weight is 389 g/mol. The number of hydrogen-bond acceptors (Lipinski definition) is 6. The van der Waals surface area contributed by atoms with E-state index in [1.54, 1.807) is 44.7 Å². The van der Waals surface area contributed by atoms with Gasteiger partial charge >= 0.3 is 11.9 Å². The molecule has 1 atom stereocenters. The van der Waals surface area contributed by atoms with Crippen LogP contribution in [0.2, 0.25) is 0 Å². The van der Waals surface area contributed by atoms with Crippen LogP contribution in [0.1, 0.15) is 56.3 Å². The Labute approximate surface area is 162 Å². The Hall–Kier alpha value is -2.54. The zero-order valence-electron chi connectivity index (χ0n) is 16.0. The predicted octanol–water partition coefficient (Wildman–Crippen LogP) is 3.96. The molecule has 0 amide bonds. The van der Waals surface area contributed by atoms with Crippen LogP contribution in [0, 0.1) is 13.8 Å². The number of Topliss-reactive ketones (excluding diaryl/α,β-unsaturated/α-hetero) is 1. The minimum atomic E-state index is -0.996. The monoisotopic (exact) mass is 389 g/mol. The van der Waals surface area contributed by atoms with Crippen molar-refractivity contribution in [3.05, 3.63) is 52.3 Å². The van der Waals surface area contributed by atoms with Gasteiger partial charge in [0.2, 0.25) is 5.78 Å². The van der Waals surface area contributed by atoms with Crippen molar-refractivity contribution < 1.29 is 23.9 Å².